The van der Waals surface area contributed by atoms with E-state index in [1.165, 1.54) is 0 Å². The van der Waals surface area contributed by atoms with Gasteiger partial charge in [0.05, 0.1) is 19.5 Å². The minimum absolute atomic E-state index is 0.419. The highest BCUT2D eigenvalue weighted by molar-refractivity contribution is 6.30. The zero-order chi connectivity index (χ0) is 20.8. The van der Waals surface area contributed by atoms with Crippen molar-refractivity contribution in [3.8, 4) is 11.5 Å². The van der Waals surface area contributed by atoms with Gasteiger partial charge in [-0.05, 0) is 41.5 Å². The van der Waals surface area contributed by atoms with Gasteiger partial charge in [0.2, 0.25) is 0 Å². The van der Waals surface area contributed by atoms with E-state index in [1.54, 1.807) is 19.5 Å². The van der Waals surface area contributed by atoms with Crippen molar-refractivity contribution in [2.45, 2.75) is 6.61 Å². The standard InChI is InChI=1S/C23H19ClN4O2/c1-29-22-12-17(8-11-21(22)30-15-16-6-9-19(24)10-7-16)13-25-27-23-20-5-3-2-4-18(20)14-26-28-23/h2-14H,15H2,1H3,(H,27,28). The summed E-state index contributed by atoms with van der Waals surface area (Å²) < 4.78 is 11.3. The number of ether oxygens (including phenoxy) is 2. The first-order valence-corrected chi connectivity index (χ1v) is 9.65. The molecule has 3 aromatic carbocycles. The molecule has 4 rings (SSSR count). The fourth-order valence-electron chi connectivity index (χ4n) is 2.90. The van der Waals surface area contributed by atoms with E-state index in [0.717, 1.165) is 21.9 Å². The van der Waals surface area contributed by atoms with Gasteiger partial charge >= 0.3 is 0 Å². The van der Waals surface area contributed by atoms with Gasteiger partial charge in [-0.3, -0.25) is 5.43 Å². The monoisotopic (exact) mass is 418 g/mol. The molecule has 30 heavy (non-hydrogen) atoms. The van der Waals surface area contributed by atoms with E-state index in [0.29, 0.717) is 28.9 Å². The van der Waals surface area contributed by atoms with Crippen LogP contribution in [0.4, 0.5) is 5.82 Å². The van der Waals surface area contributed by atoms with Gasteiger partial charge in [-0.25, -0.2) is 0 Å². The number of anilines is 1. The summed E-state index contributed by atoms with van der Waals surface area (Å²) in [5, 5.41) is 15.0. The summed E-state index contributed by atoms with van der Waals surface area (Å²) in [6.07, 6.45) is 3.41. The van der Waals surface area contributed by atoms with Crippen molar-refractivity contribution in [1.82, 2.24) is 10.2 Å². The largest absolute Gasteiger partial charge is 0.493 e. The fraction of sp³-hybridized carbons (Fsp3) is 0.0870. The third kappa shape index (κ3) is 4.67. The third-order valence-corrected chi connectivity index (χ3v) is 4.70. The molecule has 0 aliphatic heterocycles. The second-order valence-corrected chi connectivity index (χ2v) is 6.91. The van der Waals surface area contributed by atoms with Crippen molar-refractivity contribution in [1.29, 1.82) is 0 Å². The Kier molecular flexibility index (Phi) is 6.06. The molecule has 1 N–H and O–H groups in total. The van der Waals surface area contributed by atoms with Gasteiger partial charge in [0, 0.05) is 15.8 Å². The molecule has 4 aromatic rings. The molecule has 0 fully saturated rings. The molecular weight excluding hydrogens is 400 g/mol. The lowest BCUT2D eigenvalue weighted by Crippen LogP contribution is -1.99. The van der Waals surface area contributed by atoms with E-state index < -0.39 is 0 Å². The highest BCUT2D eigenvalue weighted by Crippen LogP contribution is 2.28. The van der Waals surface area contributed by atoms with Crippen LogP contribution in [0.3, 0.4) is 0 Å². The Labute approximate surface area is 179 Å². The van der Waals surface area contributed by atoms with Crippen molar-refractivity contribution < 1.29 is 9.47 Å². The fourth-order valence-corrected chi connectivity index (χ4v) is 3.03. The van der Waals surface area contributed by atoms with E-state index >= 15 is 0 Å². The normalized spacial score (nSPS) is 11.0. The lowest BCUT2D eigenvalue weighted by molar-refractivity contribution is 0.284. The Hall–Kier alpha value is -3.64. The van der Waals surface area contributed by atoms with Crippen LogP contribution < -0.4 is 14.9 Å². The quantitative estimate of drug-likeness (QED) is 0.325. The molecule has 6 nitrogen and oxygen atoms in total. The molecule has 0 radical (unpaired) electrons. The van der Waals surface area contributed by atoms with E-state index in [9.17, 15) is 0 Å². The number of hydrogen-bond donors (Lipinski definition) is 1. The molecule has 7 heteroatoms. The third-order valence-electron chi connectivity index (χ3n) is 4.45. The number of halogens is 1. The van der Waals surface area contributed by atoms with Crippen LogP contribution >= 0.6 is 11.6 Å². The maximum absolute atomic E-state index is 5.92. The SMILES string of the molecule is COc1cc(C=NNc2nncc3ccccc23)ccc1OCc1ccc(Cl)cc1. The molecule has 0 unspecified atom stereocenters. The smallest absolute Gasteiger partial charge is 0.176 e. The Bertz CT molecular complexity index is 1170. The number of rotatable bonds is 7. The van der Waals surface area contributed by atoms with E-state index in [2.05, 4.69) is 20.7 Å². The second-order valence-electron chi connectivity index (χ2n) is 6.48. The van der Waals surface area contributed by atoms with Crippen LogP contribution in [-0.2, 0) is 6.61 Å². The second kappa shape index (κ2) is 9.24. The Morgan fingerprint density at radius 1 is 1.03 bits per heavy atom. The number of hydrogen-bond acceptors (Lipinski definition) is 6. The summed E-state index contributed by atoms with van der Waals surface area (Å²) in [5.41, 5.74) is 4.83. The molecule has 0 saturated carbocycles. The molecule has 0 aliphatic rings. The maximum Gasteiger partial charge on any atom is 0.176 e. The van der Waals surface area contributed by atoms with Crippen LogP contribution in [0, 0.1) is 0 Å². The summed E-state index contributed by atoms with van der Waals surface area (Å²) in [6.45, 7) is 0.419. The Balaban J connectivity index is 1.45. The van der Waals surface area contributed by atoms with Crippen molar-refractivity contribution in [2.75, 3.05) is 12.5 Å². The molecule has 0 aliphatic carbocycles. The minimum Gasteiger partial charge on any atom is -0.493 e. The van der Waals surface area contributed by atoms with Crippen LogP contribution in [0.5, 0.6) is 11.5 Å². The lowest BCUT2D eigenvalue weighted by Gasteiger charge is -2.11. The van der Waals surface area contributed by atoms with E-state index in [4.69, 9.17) is 21.1 Å². The number of hydrazone groups is 1. The number of methoxy groups -OCH3 is 1. The van der Waals surface area contributed by atoms with Crippen LogP contribution in [0.2, 0.25) is 5.02 Å². The molecule has 0 spiro atoms. The minimum atomic E-state index is 0.419. The zero-order valence-corrected chi connectivity index (χ0v) is 17.0. The number of benzene rings is 3. The maximum atomic E-state index is 5.92. The molecule has 0 saturated heterocycles. The van der Waals surface area contributed by atoms with Crippen molar-refractivity contribution >= 4 is 34.4 Å². The van der Waals surface area contributed by atoms with Crippen molar-refractivity contribution in [3.63, 3.8) is 0 Å². The van der Waals surface area contributed by atoms with Crippen LogP contribution in [0.15, 0.2) is 78.0 Å². The molecule has 0 atom stereocenters. The predicted molar refractivity (Wildman–Crippen MR) is 120 cm³/mol. The Morgan fingerprint density at radius 3 is 2.70 bits per heavy atom. The number of nitrogens with zero attached hydrogens (tertiary/aromatic N) is 3. The predicted octanol–water partition coefficient (Wildman–Crippen LogP) is 5.32. The first kappa shape index (κ1) is 19.7. The van der Waals surface area contributed by atoms with E-state index in [-0.39, 0.29) is 0 Å². The average Bonchev–Trinajstić information content (AvgIpc) is 2.79. The number of nitrogens with one attached hydrogen (secondary N) is 1. The molecule has 0 bridgehead atoms. The highest BCUT2D eigenvalue weighted by atomic mass is 35.5. The molecule has 0 amide bonds. The van der Waals surface area contributed by atoms with Crippen molar-refractivity contribution in [2.24, 2.45) is 5.10 Å². The number of fused-ring (bicyclic) bond motifs is 1. The first-order valence-electron chi connectivity index (χ1n) is 9.28. The van der Waals surface area contributed by atoms with Gasteiger partial charge in [-0.15, -0.1) is 5.10 Å². The lowest BCUT2D eigenvalue weighted by atomic mass is 10.2. The molecule has 150 valence electrons. The Morgan fingerprint density at radius 2 is 1.87 bits per heavy atom. The average molecular weight is 419 g/mol. The number of aromatic nitrogens is 2. The van der Waals surface area contributed by atoms with E-state index in [1.807, 2.05) is 66.7 Å². The van der Waals surface area contributed by atoms with Gasteiger partial charge < -0.3 is 9.47 Å². The molecule has 1 heterocycles. The van der Waals surface area contributed by atoms with Gasteiger partial charge in [0.15, 0.2) is 17.3 Å². The topological polar surface area (TPSA) is 68.6 Å². The first-order chi connectivity index (χ1) is 14.7. The summed E-state index contributed by atoms with van der Waals surface area (Å²) in [6, 6.07) is 21.0. The summed E-state index contributed by atoms with van der Waals surface area (Å²) in [5.74, 6) is 1.87. The van der Waals surface area contributed by atoms with Gasteiger partial charge in [-0.2, -0.15) is 10.2 Å². The van der Waals surface area contributed by atoms with Gasteiger partial charge in [-0.1, -0.05) is 48.0 Å². The van der Waals surface area contributed by atoms with Crippen LogP contribution in [0.1, 0.15) is 11.1 Å². The zero-order valence-electron chi connectivity index (χ0n) is 16.2. The summed E-state index contributed by atoms with van der Waals surface area (Å²) in [4.78, 5) is 0. The summed E-state index contributed by atoms with van der Waals surface area (Å²) >= 11 is 5.92. The molecular formula is C23H19ClN4O2. The van der Waals surface area contributed by atoms with Crippen molar-refractivity contribution in [3.05, 3.63) is 89.1 Å². The highest BCUT2D eigenvalue weighted by Gasteiger charge is 2.06. The molecule has 1 aromatic heterocycles. The van der Waals surface area contributed by atoms with Crippen LogP contribution in [0.25, 0.3) is 10.8 Å². The van der Waals surface area contributed by atoms with Gasteiger partial charge in [0.25, 0.3) is 0 Å². The summed E-state index contributed by atoms with van der Waals surface area (Å²) in [7, 11) is 1.61. The van der Waals surface area contributed by atoms with Gasteiger partial charge in [0.1, 0.15) is 6.61 Å². The van der Waals surface area contributed by atoms with Crippen LogP contribution in [-0.4, -0.2) is 23.5 Å².